The van der Waals surface area contributed by atoms with Crippen molar-refractivity contribution >= 4 is 11.7 Å². The Morgan fingerprint density at radius 1 is 1.53 bits per heavy atom. The zero-order valence-electron chi connectivity index (χ0n) is 10.3. The second-order valence-corrected chi connectivity index (χ2v) is 4.60. The normalized spacial score (nSPS) is 22.7. The van der Waals surface area contributed by atoms with Gasteiger partial charge >= 0.3 is 0 Å². The van der Waals surface area contributed by atoms with E-state index in [0.717, 1.165) is 6.42 Å². The van der Waals surface area contributed by atoms with Gasteiger partial charge in [0.2, 0.25) is 5.95 Å². The maximum Gasteiger partial charge on any atom is 0.252 e. The summed E-state index contributed by atoms with van der Waals surface area (Å²) in [5.41, 5.74) is 4.55. The van der Waals surface area contributed by atoms with Gasteiger partial charge in [-0.05, 0) is 32.1 Å². The van der Waals surface area contributed by atoms with Crippen LogP contribution in [0.5, 0.6) is 0 Å². The van der Waals surface area contributed by atoms with Gasteiger partial charge in [0.05, 0.1) is 0 Å². The van der Waals surface area contributed by atoms with Crippen LogP contribution in [0.3, 0.4) is 0 Å². The minimum atomic E-state index is -0.156. The van der Waals surface area contributed by atoms with Gasteiger partial charge in [0.25, 0.3) is 5.56 Å². The number of hydrogen-bond acceptors (Lipinski definition) is 4. The maximum absolute atomic E-state index is 11.2. The van der Waals surface area contributed by atoms with E-state index < -0.39 is 0 Å². The van der Waals surface area contributed by atoms with E-state index in [4.69, 9.17) is 0 Å². The number of anilines is 1. The van der Waals surface area contributed by atoms with Crippen LogP contribution >= 0.6 is 0 Å². The van der Waals surface area contributed by atoms with Crippen LogP contribution in [-0.4, -0.2) is 15.7 Å². The molecule has 2 rings (SSSR count). The Hall–Kier alpha value is -1.65. The van der Waals surface area contributed by atoms with Crippen LogP contribution in [0.15, 0.2) is 16.0 Å². The summed E-state index contributed by atoms with van der Waals surface area (Å²) >= 11 is 0. The number of nitrogens with one attached hydrogen (secondary N) is 2. The summed E-state index contributed by atoms with van der Waals surface area (Å²) in [4.78, 5) is 18.0. The molecule has 0 saturated heterocycles. The van der Waals surface area contributed by atoms with Crippen molar-refractivity contribution in [2.24, 2.45) is 11.0 Å². The summed E-state index contributed by atoms with van der Waals surface area (Å²) in [7, 11) is 0. The first-order chi connectivity index (χ1) is 8.15. The lowest BCUT2D eigenvalue weighted by Crippen LogP contribution is -2.18. The Labute approximate surface area is 100 Å². The molecule has 92 valence electrons. The van der Waals surface area contributed by atoms with Crippen LogP contribution in [-0.2, 0) is 0 Å². The molecule has 0 bridgehead atoms. The number of H-pyrrole nitrogens is 1. The van der Waals surface area contributed by atoms with E-state index in [1.165, 1.54) is 31.0 Å². The Morgan fingerprint density at radius 2 is 2.35 bits per heavy atom. The van der Waals surface area contributed by atoms with Crippen molar-refractivity contribution in [3.8, 4) is 0 Å². The van der Waals surface area contributed by atoms with Crippen LogP contribution in [0.25, 0.3) is 0 Å². The first-order valence-corrected chi connectivity index (χ1v) is 6.05. The zero-order chi connectivity index (χ0) is 12.3. The Kier molecular flexibility index (Phi) is 3.56. The van der Waals surface area contributed by atoms with Crippen molar-refractivity contribution in [2.45, 2.75) is 39.5 Å². The summed E-state index contributed by atoms with van der Waals surface area (Å²) in [5.74, 6) is 0.938. The summed E-state index contributed by atoms with van der Waals surface area (Å²) in [6.45, 7) is 3.98. The predicted octanol–water partition coefficient (Wildman–Crippen LogP) is 2.06. The topological polar surface area (TPSA) is 70.1 Å². The second kappa shape index (κ2) is 5.12. The van der Waals surface area contributed by atoms with Gasteiger partial charge in [0.1, 0.15) is 0 Å². The van der Waals surface area contributed by atoms with Gasteiger partial charge in [-0.25, -0.2) is 10.4 Å². The van der Waals surface area contributed by atoms with Gasteiger partial charge in [0, 0.05) is 17.5 Å². The smallest absolute Gasteiger partial charge is 0.252 e. The fourth-order valence-corrected chi connectivity index (χ4v) is 2.09. The van der Waals surface area contributed by atoms with Crippen LogP contribution in [0.1, 0.15) is 38.3 Å². The molecule has 5 nitrogen and oxygen atoms in total. The quantitative estimate of drug-likeness (QED) is 0.769. The molecule has 1 aliphatic rings. The molecule has 0 radical (unpaired) electrons. The highest BCUT2D eigenvalue weighted by molar-refractivity contribution is 5.87. The van der Waals surface area contributed by atoms with Gasteiger partial charge in [-0.1, -0.05) is 13.3 Å². The van der Waals surface area contributed by atoms with Gasteiger partial charge in [-0.2, -0.15) is 5.10 Å². The van der Waals surface area contributed by atoms with Gasteiger partial charge in [0.15, 0.2) is 0 Å². The Balaban J connectivity index is 2.10. The van der Waals surface area contributed by atoms with E-state index in [-0.39, 0.29) is 5.56 Å². The Morgan fingerprint density at radius 3 is 3.06 bits per heavy atom. The first kappa shape index (κ1) is 11.8. The van der Waals surface area contributed by atoms with Crippen LogP contribution in [0.4, 0.5) is 5.95 Å². The first-order valence-electron chi connectivity index (χ1n) is 6.05. The molecule has 0 spiro atoms. The fourth-order valence-electron chi connectivity index (χ4n) is 2.09. The molecule has 1 aromatic rings. The molecule has 17 heavy (non-hydrogen) atoms. The molecule has 1 atom stereocenters. The van der Waals surface area contributed by atoms with Gasteiger partial charge in [-0.15, -0.1) is 0 Å². The molecule has 1 heterocycles. The average Bonchev–Trinajstić information content (AvgIpc) is 2.27. The summed E-state index contributed by atoms with van der Waals surface area (Å²) in [6, 6.07) is 1.46. The van der Waals surface area contributed by atoms with Gasteiger partial charge in [-0.3, -0.25) is 9.78 Å². The number of hydrogen-bond donors (Lipinski definition) is 2. The zero-order valence-corrected chi connectivity index (χ0v) is 10.3. The van der Waals surface area contributed by atoms with Gasteiger partial charge < -0.3 is 0 Å². The van der Waals surface area contributed by atoms with Crippen LogP contribution < -0.4 is 11.0 Å². The maximum atomic E-state index is 11.2. The molecule has 0 amide bonds. The van der Waals surface area contributed by atoms with Crippen molar-refractivity contribution in [3.63, 3.8) is 0 Å². The molecule has 0 aliphatic heterocycles. The highest BCUT2D eigenvalue weighted by atomic mass is 16.1. The van der Waals surface area contributed by atoms with Crippen molar-refractivity contribution in [1.82, 2.24) is 9.97 Å². The minimum Gasteiger partial charge on any atom is -0.291 e. The van der Waals surface area contributed by atoms with E-state index in [0.29, 0.717) is 17.6 Å². The Bertz CT molecular complexity index is 478. The lowest BCUT2D eigenvalue weighted by Gasteiger charge is -2.19. The number of aromatic nitrogens is 2. The molecule has 1 unspecified atom stereocenters. The molecule has 2 N–H and O–H groups in total. The second-order valence-electron chi connectivity index (χ2n) is 4.60. The number of aryl methyl sites for hydroxylation is 1. The highest BCUT2D eigenvalue weighted by Gasteiger charge is 2.15. The van der Waals surface area contributed by atoms with Crippen LogP contribution in [0.2, 0.25) is 0 Å². The van der Waals surface area contributed by atoms with Crippen molar-refractivity contribution in [3.05, 3.63) is 22.1 Å². The fraction of sp³-hybridized carbons (Fsp3) is 0.583. The molecule has 5 heteroatoms. The van der Waals surface area contributed by atoms with Crippen molar-refractivity contribution in [2.75, 3.05) is 5.43 Å². The van der Waals surface area contributed by atoms with Crippen LogP contribution in [0, 0.1) is 12.8 Å². The van der Waals surface area contributed by atoms with E-state index in [2.05, 4.69) is 27.4 Å². The third kappa shape index (κ3) is 3.15. The summed E-state index contributed by atoms with van der Waals surface area (Å²) < 4.78 is 0. The number of nitrogens with zero attached hydrogens (tertiary/aromatic N) is 2. The highest BCUT2D eigenvalue weighted by Crippen LogP contribution is 2.21. The monoisotopic (exact) mass is 234 g/mol. The standard InChI is InChI=1S/C12H18N4O/c1-8-5-3-4-6-10(8)15-16-12-13-9(2)7-11(17)14-12/h7-8H,3-6H2,1-2H3,(H2,13,14,16,17)/b15-10-. The SMILES string of the molecule is Cc1cc(=O)[nH]c(N/N=C2/CCCCC2C)n1. The third-order valence-electron chi connectivity index (χ3n) is 3.06. The third-order valence-corrected chi connectivity index (χ3v) is 3.06. The molecule has 1 aliphatic carbocycles. The average molecular weight is 234 g/mol. The number of hydrazone groups is 1. The summed E-state index contributed by atoms with van der Waals surface area (Å²) in [6.07, 6.45) is 4.70. The predicted molar refractivity (Wildman–Crippen MR) is 68.3 cm³/mol. The van der Waals surface area contributed by atoms with E-state index >= 15 is 0 Å². The molecule has 1 fully saturated rings. The van der Waals surface area contributed by atoms with E-state index in [1.54, 1.807) is 6.92 Å². The lowest BCUT2D eigenvalue weighted by atomic mass is 9.89. The largest absolute Gasteiger partial charge is 0.291 e. The van der Waals surface area contributed by atoms with E-state index in [1.807, 2.05) is 0 Å². The molecular weight excluding hydrogens is 216 g/mol. The van der Waals surface area contributed by atoms with E-state index in [9.17, 15) is 4.79 Å². The number of rotatable bonds is 2. The van der Waals surface area contributed by atoms with Crippen molar-refractivity contribution < 1.29 is 0 Å². The summed E-state index contributed by atoms with van der Waals surface area (Å²) in [5, 5.41) is 4.35. The minimum absolute atomic E-state index is 0.156. The molecule has 0 aromatic carbocycles. The lowest BCUT2D eigenvalue weighted by molar-refractivity contribution is 0.558. The molecular formula is C12H18N4O. The van der Waals surface area contributed by atoms with Crippen molar-refractivity contribution in [1.29, 1.82) is 0 Å². The molecule has 1 saturated carbocycles. The molecule has 1 aromatic heterocycles. The number of aromatic amines is 1.